The van der Waals surface area contributed by atoms with Gasteiger partial charge in [-0.05, 0) is 37.5 Å². The molecule has 0 radical (unpaired) electrons. The fourth-order valence-corrected chi connectivity index (χ4v) is 4.38. The Bertz CT molecular complexity index is 342. The van der Waals surface area contributed by atoms with Gasteiger partial charge < -0.3 is 4.74 Å². The lowest BCUT2D eigenvalue weighted by Crippen LogP contribution is -2.39. The summed E-state index contributed by atoms with van der Waals surface area (Å²) in [5, 5.41) is 0. The van der Waals surface area contributed by atoms with Crippen molar-refractivity contribution in [2.24, 2.45) is 5.41 Å². The monoisotopic (exact) mass is 252 g/mol. The summed E-state index contributed by atoms with van der Waals surface area (Å²) < 4.78 is 27.5. The van der Waals surface area contributed by atoms with E-state index >= 15 is 0 Å². The highest BCUT2D eigenvalue weighted by molar-refractivity contribution is 8.15. The van der Waals surface area contributed by atoms with Gasteiger partial charge in [-0.3, -0.25) is 0 Å². The maximum atomic E-state index is 11.5. The molecule has 0 aliphatic heterocycles. The van der Waals surface area contributed by atoms with E-state index in [0.29, 0.717) is 13.0 Å². The van der Waals surface area contributed by atoms with Crippen molar-refractivity contribution in [3.63, 3.8) is 0 Å². The smallest absolute Gasteiger partial charge is 0.238 e. The second kappa shape index (κ2) is 3.60. The van der Waals surface area contributed by atoms with Crippen molar-refractivity contribution >= 4 is 19.7 Å². The molecule has 0 aromatic heterocycles. The predicted octanol–water partition coefficient (Wildman–Crippen LogP) is 2.29. The van der Waals surface area contributed by atoms with Crippen LogP contribution in [0.25, 0.3) is 0 Å². The Hall–Kier alpha value is 0.200. The first-order valence-electron chi connectivity index (χ1n) is 5.36. The van der Waals surface area contributed by atoms with Gasteiger partial charge in [0.05, 0.1) is 11.4 Å². The van der Waals surface area contributed by atoms with Crippen LogP contribution in [0.2, 0.25) is 0 Å². The van der Waals surface area contributed by atoms with E-state index in [1.54, 1.807) is 7.11 Å². The van der Waals surface area contributed by atoms with Crippen LogP contribution in [0.4, 0.5) is 0 Å². The molecule has 88 valence electrons. The van der Waals surface area contributed by atoms with Crippen LogP contribution in [0.15, 0.2) is 0 Å². The number of rotatable bonds is 5. The normalized spacial score (nSPS) is 27.1. The molecular weight excluding hydrogens is 236 g/mol. The van der Waals surface area contributed by atoms with Gasteiger partial charge in [0.2, 0.25) is 9.05 Å². The van der Waals surface area contributed by atoms with Crippen LogP contribution in [0.3, 0.4) is 0 Å². The summed E-state index contributed by atoms with van der Waals surface area (Å²) in [6.07, 6.45) is 5.49. The first kappa shape index (κ1) is 11.7. The van der Waals surface area contributed by atoms with Crippen molar-refractivity contribution in [1.82, 2.24) is 0 Å². The summed E-state index contributed by atoms with van der Waals surface area (Å²) in [5.41, 5.74) is 0.0905. The third-order valence-electron chi connectivity index (χ3n) is 3.89. The second-order valence-corrected chi connectivity index (χ2v) is 8.04. The van der Waals surface area contributed by atoms with E-state index in [1.807, 2.05) is 0 Å². The molecule has 3 nitrogen and oxygen atoms in total. The van der Waals surface area contributed by atoms with E-state index in [1.165, 1.54) is 6.42 Å². The lowest BCUT2D eigenvalue weighted by Gasteiger charge is -2.43. The Morgan fingerprint density at radius 3 is 2.13 bits per heavy atom. The van der Waals surface area contributed by atoms with Crippen LogP contribution < -0.4 is 0 Å². The Kier molecular flexibility index (Phi) is 2.81. The lowest BCUT2D eigenvalue weighted by atomic mass is 9.66. The second-order valence-electron chi connectivity index (χ2n) is 5.08. The minimum Gasteiger partial charge on any atom is -0.384 e. The van der Waals surface area contributed by atoms with Crippen molar-refractivity contribution in [3.05, 3.63) is 0 Å². The molecule has 0 amide bonds. The minimum atomic E-state index is -3.40. The van der Waals surface area contributed by atoms with Gasteiger partial charge in [0, 0.05) is 17.8 Å². The molecule has 0 heterocycles. The van der Waals surface area contributed by atoms with Gasteiger partial charge in [-0.15, -0.1) is 0 Å². The maximum Gasteiger partial charge on any atom is 0.238 e. The van der Waals surface area contributed by atoms with Crippen molar-refractivity contribution in [1.29, 1.82) is 0 Å². The first-order chi connectivity index (χ1) is 6.93. The maximum absolute atomic E-state index is 11.5. The third-order valence-corrected chi connectivity index (χ3v) is 6.46. The van der Waals surface area contributed by atoms with E-state index in [9.17, 15) is 8.42 Å². The molecule has 2 fully saturated rings. The van der Waals surface area contributed by atoms with Gasteiger partial charge in [-0.2, -0.15) is 0 Å². The summed E-state index contributed by atoms with van der Waals surface area (Å²) in [4.78, 5) is 0. The molecule has 0 spiro atoms. The van der Waals surface area contributed by atoms with Gasteiger partial charge >= 0.3 is 0 Å². The predicted molar refractivity (Wildman–Crippen MR) is 59.5 cm³/mol. The summed E-state index contributed by atoms with van der Waals surface area (Å²) in [7, 11) is 3.78. The molecule has 2 aliphatic carbocycles. The minimum absolute atomic E-state index is 0.0905. The zero-order chi connectivity index (χ0) is 11.2. The van der Waals surface area contributed by atoms with Crippen LogP contribution >= 0.6 is 10.7 Å². The summed E-state index contributed by atoms with van der Waals surface area (Å²) in [5.74, 6) is 0. The van der Waals surface area contributed by atoms with Crippen LogP contribution in [-0.2, 0) is 13.8 Å². The number of halogens is 1. The fourth-order valence-electron chi connectivity index (χ4n) is 2.68. The van der Waals surface area contributed by atoms with Crippen molar-refractivity contribution in [2.75, 3.05) is 13.7 Å². The van der Waals surface area contributed by atoms with Gasteiger partial charge in [-0.25, -0.2) is 8.42 Å². The number of hydrogen-bond donors (Lipinski definition) is 0. The molecule has 0 unspecified atom stereocenters. The molecular formula is C10H17ClO3S. The zero-order valence-electron chi connectivity index (χ0n) is 8.96. The molecule has 0 saturated heterocycles. The SMILES string of the molecule is COCC1(CC2(S(=O)(=O)Cl)CC2)CCC1. The topological polar surface area (TPSA) is 43.4 Å². The summed E-state index contributed by atoms with van der Waals surface area (Å²) >= 11 is 0. The van der Waals surface area contributed by atoms with Crippen LogP contribution in [0, 0.1) is 5.41 Å². The summed E-state index contributed by atoms with van der Waals surface area (Å²) in [6.45, 7) is 0.668. The number of methoxy groups -OCH3 is 1. The Morgan fingerprint density at radius 1 is 1.27 bits per heavy atom. The van der Waals surface area contributed by atoms with Crippen LogP contribution in [-0.4, -0.2) is 26.9 Å². The number of ether oxygens (including phenoxy) is 1. The first-order valence-corrected chi connectivity index (χ1v) is 7.67. The molecule has 0 bridgehead atoms. The van der Waals surface area contributed by atoms with Gasteiger partial charge in [0.15, 0.2) is 0 Å². The molecule has 2 rings (SSSR count). The molecule has 15 heavy (non-hydrogen) atoms. The fraction of sp³-hybridized carbons (Fsp3) is 1.00. The molecule has 2 aliphatic rings. The van der Waals surface area contributed by atoms with E-state index in [0.717, 1.165) is 25.7 Å². The highest BCUT2D eigenvalue weighted by atomic mass is 35.7. The van der Waals surface area contributed by atoms with Crippen molar-refractivity contribution in [2.45, 2.75) is 43.3 Å². The molecule has 0 aromatic carbocycles. The van der Waals surface area contributed by atoms with E-state index in [2.05, 4.69) is 0 Å². The van der Waals surface area contributed by atoms with E-state index in [-0.39, 0.29) is 5.41 Å². The quantitative estimate of drug-likeness (QED) is 0.705. The summed E-state index contributed by atoms with van der Waals surface area (Å²) in [6, 6.07) is 0. The zero-order valence-corrected chi connectivity index (χ0v) is 10.5. The molecule has 0 N–H and O–H groups in total. The largest absolute Gasteiger partial charge is 0.384 e. The average molecular weight is 253 g/mol. The lowest BCUT2D eigenvalue weighted by molar-refractivity contribution is 0.00822. The highest BCUT2D eigenvalue weighted by Crippen LogP contribution is 2.57. The van der Waals surface area contributed by atoms with Crippen LogP contribution in [0.1, 0.15) is 38.5 Å². The Labute approximate surface area is 95.6 Å². The third kappa shape index (κ3) is 2.04. The van der Waals surface area contributed by atoms with Crippen molar-refractivity contribution < 1.29 is 13.2 Å². The van der Waals surface area contributed by atoms with Crippen LogP contribution in [0.5, 0.6) is 0 Å². The average Bonchev–Trinajstić information content (AvgIpc) is 2.80. The van der Waals surface area contributed by atoms with E-state index in [4.69, 9.17) is 15.4 Å². The van der Waals surface area contributed by atoms with Crippen molar-refractivity contribution in [3.8, 4) is 0 Å². The molecule has 5 heteroatoms. The number of hydrogen-bond acceptors (Lipinski definition) is 3. The van der Waals surface area contributed by atoms with Gasteiger partial charge in [-0.1, -0.05) is 6.42 Å². The molecule has 2 saturated carbocycles. The van der Waals surface area contributed by atoms with Gasteiger partial charge in [0.1, 0.15) is 0 Å². The standard InChI is InChI=1S/C10H17ClO3S/c1-14-8-9(3-2-4-9)7-10(5-6-10)15(11,12)13/h2-8H2,1H3. The Morgan fingerprint density at radius 2 is 1.87 bits per heavy atom. The van der Waals surface area contributed by atoms with E-state index < -0.39 is 13.8 Å². The highest BCUT2D eigenvalue weighted by Gasteiger charge is 2.58. The van der Waals surface area contributed by atoms with Gasteiger partial charge in [0.25, 0.3) is 0 Å². The molecule has 0 aromatic rings. The molecule has 0 atom stereocenters. The Balaban J connectivity index is 2.08.